The quantitative estimate of drug-likeness (QED) is 0.634. The molecule has 0 spiro atoms. The molecular weight excluding hydrogens is 294 g/mol. The Balaban J connectivity index is 1.83. The van der Waals surface area contributed by atoms with E-state index < -0.39 is 0 Å². The van der Waals surface area contributed by atoms with Crippen molar-refractivity contribution in [3.8, 4) is 0 Å². The van der Waals surface area contributed by atoms with Gasteiger partial charge in [0, 0.05) is 5.56 Å². The Bertz CT molecular complexity index is 615. The highest BCUT2D eigenvalue weighted by molar-refractivity contribution is 7.99. The molecule has 0 aliphatic heterocycles. The number of amides is 1. The van der Waals surface area contributed by atoms with E-state index in [0.717, 1.165) is 11.8 Å². The van der Waals surface area contributed by atoms with Crippen molar-refractivity contribution in [3.63, 3.8) is 0 Å². The lowest BCUT2D eigenvalue weighted by molar-refractivity contribution is -0.137. The van der Waals surface area contributed by atoms with Gasteiger partial charge >= 0.3 is 5.97 Å². The Hall–Kier alpha value is -2.35. The molecule has 8 heteroatoms. The highest BCUT2D eigenvalue weighted by Crippen LogP contribution is 2.15. The molecule has 0 saturated heterocycles. The number of carbonyl (C=O) groups excluding carboxylic acids is 2. The lowest BCUT2D eigenvalue weighted by atomic mass is 10.2. The molecule has 0 aliphatic carbocycles. The molecule has 0 fully saturated rings. The maximum Gasteiger partial charge on any atom is 0.316 e. The SMILES string of the molecule is COC(=O)CSc1nnc(CNC(=O)c2ccccc2)o1. The molecule has 1 amide bonds. The fraction of sp³-hybridized carbons (Fsp3) is 0.231. The Kier molecular flexibility index (Phi) is 5.33. The fourth-order valence-corrected chi connectivity index (χ4v) is 2.01. The maximum absolute atomic E-state index is 11.8. The van der Waals surface area contributed by atoms with Crippen molar-refractivity contribution in [1.82, 2.24) is 15.5 Å². The summed E-state index contributed by atoms with van der Waals surface area (Å²) in [6, 6.07) is 8.81. The zero-order valence-corrected chi connectivity index (χ0v) is 12.1. The molecule has 2 rings (SSSR count). The lowest BCUT2D eigenvalue weighted by Crippen LogP contribution is -2.22. The third-order valence-electron chi connectivity index (χ3n) is 2.43. The number of methoxy groups -OCH3 is 1. The molecule has 2 aromatic rings. The first-order valence-corrected chi connectivity index (χ1v) is 7.03. The van der Waals surface area contributed by atoms with Crippen LogP contribution in [0.15, 0.2) is 40.0 Å². The minimum Gasteiger partial charge on any atom is -0.468 e. The van der Waals surface area contributed by atoms with E-state index in [-0.39, 0.29) is 35.3 Å². The van der Waals surface area contributed by atoms with Crippen molar-refractivity contribution < 1.29 is 18.7 Å². The van der Waals surface area contributed by atoms with E-state index in [4.69, 9.17) is 4.42 Å². The Morgan fingerprint density at radius 1 is 1.29 bits per heavy atom. The summed E-state index contributed by atoms with van der Waals surface area (Å²) in [5.41, 5.74) is 0.553. The van der Waals surface area contributed by atoms with Crippen LogP contribution >= 0.6 is 11.8 Å². The number of nitrogens with zero attached hydrogens (tertiary/aromatic N) is 2. The van der Waals surface area contributed by atoms with E-state index in [2.05, 4.69) is 20.3 Å². The van der Waals surface area contributed by atoms with Crippen molar-refractivity contribution in [2.45, 2.75) is 11.8 Å². The van der Waals surface area contributed by atoms with Crippen LogP contribution in [0.4, 0.5) is 0 Å². The molecule has 0 aliphatic rings. The van der Waals surface area contributed by atoms with Gasteiger partial charge in [0.1, 0.15) is 5.75 Å². The number of nitrogens with one attached hydrogen (secondary N) is 1. The molecular formula is C13H13N3O4S. The molecule has 21 heavy (non-hydrogen) atoms. The number of thioether (sulfide) groups is 1. The van der Waals surface area contributed by atoms with Gasteiger partial charge in [0.15, 0.2) is 0 Å². The Labute approximate surface area is 125 Å². The van der Waals surface area contributed by atoms with Crippen molar-refractivity contribution in [2.75, 3.05) is 12.9 Å². The van der Waals surface area contributed by atoms with Crippen LogP contribution in [-0.4, -0.2) is 34.9 Å². The minimum atomic E-state index is -0.378. The average Bonchev–Trinajstić information content (AvgIpc) is 2.99. The first-order chi connectivity index (χ1) is 10.2. The number of hydrogen-bond donors (Lipinski definition) is 1. The van der Waals surface area contributed by atoms with Crippen molar-refractivity contribution in [2.24, 2.45) is 0 Å². The van der Waals surface area contributed by atoms with Crippen LogP contribution in [0.1, 0.15) is 16.2 Å². The van der Waals surface area contributed by atoms with Crippen LogP contribution in [0.25, 0.3) is 0 Å². The van der Waals surface area contributed by atoms with Gasteiger partial charge in [-0.2, -0.15) is 0 Å². The smallest absolute Gasteiger partial charge is 0.316 e. The molecule has 1 aromatic heterocycles. The van der Waals surface area contributed by atoms with Crippen molar-refractivity contribution in [3.05, 3.63) is 41.8 Å². The number of rotatable bonds is 6. The van der Waals surface area contributed by atoms with Gasteiger partial charge in [0.05, 0.1) is 13.7 Å². The maximum atomic E-state index is 11.8. The third-order valence-corrected chi connectivity index (χ3v) is 3.22. The van der Waals surface area contributed by atoms with Gasteiger partial charge in [0.25, 0.3) is 11.1 Å². The van der Waals surface area contributed by atoms with Gasteiger partial charge in [0.2, 0.25) is 5.89 Å². The van der Waals surface area contributed by atoms with E-state index in [0.29, 0.717) is 5.56 Å². The first kappa shape index (κ1) is 15.0. The molecule has 0 bridgehead atoms. The largest absolute Gasteiger partial charge is 0.468 e. The van der Waals surface area contributed by atoms with Gasteiger partial charge in [-0.3, -0.25) is 9.59 Å². The summed E-state index contributed by atoms with van der Waals surface area (Å²) in [5, 5.41) is 10.5. The molecule has 0 unspecified atom stereocenters. The Morgan fingerprint density at radius 3 is 2.76 bits per heavy atom. The average molecular weight is 307 g/mol. The zero-order chi connectivity index (χ0) is 15.1. The van der Waals surface area contributed by atoms with E-state index >= 15 is 0 Å². The fourth-order valence-electron chi connectivity index (χ4n) is 1.40. The van der Waals surface area contributed by atoms with Crippen LogP contribution in [0.3, 0.4) is 0 Å². The van der Waals surface area contributed by atoms with Gasteiger partial charge in [-0.25, -0.2) is 0 Å². The summed E-state index contributed by atoms with van der Waals surface area (Å²) in [4.78, 5) is 22.8. The van der Waals surface area contributed by atoms with E-state index in [1.165, 1.54) is 7.11 Å². The monoisotopic (exact) mass is 307 g/mol. The van der Waals surface area contributed by atoms with Crippen molar-refractivity contribution in [1.29, 1.82) is 0 Å². The van der Waals surface area contributed by atoms with E-state index in [1.54, 1.807) is 24.3 Å². The highest BCUT2D eigenvalue weighted by Gasteiger charge is 2.11. The van der Waals surface area contributed by atoms with Crippen molar-refractivity contribution >= 4 is 23.6 Å². The number of benzene rings is 1. The Morgan fingerprint density at radius 2 is 2.05 bits per heavy atom. The normalized spacial score (nSPS) is 10.1. The van der Waals surface area contributed by atoms with E-state index in [9.17, 15) is 9.59 Å². The van der Waals surface area contributed by atoms with Crippen LogP contribution in [0.5, 0.6) is 0 Å². The van der Waals surface area contributed by atoms with Gasteiger partial charge < -0.3 is 14.5 Å². The van der Waals surface area contributed by atoms with Gasteiger partial charge in [-0.1, -0.05) is 30.0 Å². The molecule has 0 saturated carbocycles. The summed E-state index contributed by atoms with van der Waals surface area (Å²) in [6.07, 6.45) is 0. The van der Waals surface area contributed by atoms with Crippen LogP contribution in [-0.2, 0) is 16.1 Å². The molecule has 0 radical (unpaired) electrons. The summed E-state index contributed by atoms with van der Waals surface area (Å²) in [5.74, 6) is -0.240. The summed E-state index contributed by atoms with van der Waals surface area (Å²) in [7, 11) is 1.31. The first-order valence-electron chi connectivity index (χ1n) is 6.04. The summed E-state index contributed by atoms with van der Waals surface area (Å²) < 4.78 is 9.78. The topological polar surface area (TPSA) is 94.3 Å². The molecule has 1 heterocycles. The summed E-state index contributed by atoms with van der Waals surface area (Å²) in [6.45, 7) is 0.125. The van der Waals surface area contributed by atoms with Gasteiger partial charge in [-0.05, 0) is 12.1 Å². The molecule has 0 atom stereocenters. The number of aromatic nitrogens is 2. The number of hydrogen-bond acceptors (Lipinski definition) is 7. The molecule has 1 aromatic carbocycles. The van der Waals surface area contributed by atoms with Crippen LogP contribution in [0, 0.1) is 0 Å². The molecule has 110 valence electrons. The number of esters is 1. The lowest BCUT2D eigenvalue weighted by Gasteiger charge is -2.01. The third kappa shape index (κ3) is 4.60. The van der Waals surface area contributed by atoms with Crippen LogP contribution in [0.2, 0.25) is 0 Å². The second kappa shape index (κ2) is 7.44. The minimum absolute atomic E-state index is 0.0918. The second-order valence-electron chi connectivity index (χ2n) is 3.88. The number of carbonyl (C=O) groups is 2. The second-order valence-corrected chi connectivity index (χ2v) is 4.80. The standard InChI is InChI=1S/C13H13N3O4S/c1-19-11(17)8-21-13-16-15-10(20-13)7-14-12(18)9-5-3-2-4-6-9/h2-6H,7-8H2,1H3,(H,14,18). The molecule has 1 N–H and O–H groups in total. The van der Waals surface area contributed by atoms with Crippen LogP contribution < -0.4 is 5.32 Å². The number of ether oxygens (including phenoxy) is 1. The molecule has 7 nitrogen and oxygen atoms in total. The highest BCUT2D eigenvalue weighted by atomic mass is 32.2. The zero-order valence-electron chi connectivity index (χ0n) is 11.2. The summed E-state index contributed by atoms with van der Waals surface area (Å²) >= 11 is 1.08. The van der Waals surface area contributed by atoms with Gasteiger partial charge in [-0.15, -0.1) is 10.2 Å². The predicted octanol–water partition coefficient (Wildman–Crippen LogP) is 1.26. The van der Waals surface area contributed by atoms with E-state index in [1.807, 2.05) is 6.07 Å². The predicted molar refractivity (Wildman–Crippen MR) is 74.7 cm³/mol.